The van der Waals surface area contributed by atoms with E-state index in [1.165, 1.54) is 12.8 Å². The fourth-order valence-electron chi connectivity index (χ4n) is 3.15. The van der Waals surface area contributed by atoms with Crippen molar-refractivity contribution in [2.45, 2.75) is 45.4 Å². The van der Waals surface area contributed by atoms with Gasteiger partial charge in [0, 0.05) is 24.7 Å². The van der Waals surface area contributed by atoms with Gasteiger partial charge in [-0.25, -0.2) is 4.79 Å². The third kappa shape index (κ3) is 4.08. The van der Waals surface area contributed by atoms with E-state index in [0.717, 1.165) is 50.1 Å². The fourth-order valence-corrected chi connectivity index (χ4v) is 3.15. The van der Waals surface area contributed by atoms with E-state index in [9.17, 15) is 9.59 Å². The van der Waals surface area contributed by atoms with Crippen LogP contribution < -0.4 is 10.2 Å². The lowest BCUT2D eigenvalue weighted by molar-refractivity contribution is -0.117. The van der Waals surface area contributed by atoms with E-state index in [4.69, 9.17) is 4.74 Å². The van der Waals surface area contributed by atoms with E-state index in [1.54, 1.807) is 12.1 Å². The smallest absolute Gasteiger partial charge is 0.340 e. The van der Waals surface area contributed by atoms with Crippen molar-refractivity contribution in [2.24, 2.45) is 5.92 Å². The second-order valence-corrected chi connectivity index (χ2v) is 6.62. The number of hydrogen-bond donors (Lipinski definition) is 1. The predicted molar refractivity (Wildman–Crippen MR) is 94.4 cm³/mol. The molecule has 2 aliphatic rings. The zero-order chi connectivity index (χ0) is 16.9. The van der Waals surface area contributed by atoms with Crippen LogP contribution in [-0.4, -0.2) is 31.6 Å². The third-order valence-corrected chi connectivity index (χ3v) is 4.66. The van der Waals surface area contributed by atoms with Crippen LogP contribution in [0.5, 0.6) is 0 Å². The summed E-state index contributed by atoms with van der Waals surface area (Å²) in [6, 6.07) is 5.51. The second kappa shape index (κ2) is 7.69. The Morgan fingerprint density at radius 1 is 1.17 bits per heavy atom. The molecule has 1 aromatic rings. The average Bonchev–Trinajstić information content (AvgIpc) is 3.42. The van der Waals surface area contributed by atoms with Crippen molar-refractivity contribution in [2.75, 3.05) is 29.9 Å². The Hall–Kier alpha value is -2.04. The molecule has 1 aliphatic heterocycles. The maximum atomic E-state index is 12.3. The molecule has 24 heavy (non-hydrogen) atoms. The van der Waals surface area contributed by atoms with Crippen LogP contribution in [0.25, 0.3) is 0 Å². The van der Waals surface area contributed by atoms with Crippen LogP contribution in [0.3, 0.4) is 0 Å². The zero-order valence-corrected chi connectivity index (χ0v) is 14.3. The number of esters is 1. The maximum Gasteiger partial charge on any atom is 0.340 e. The summed E-state index contributed by atoms with van der Waals surface area (Å²) < 4.78 is 5.21. The monoisotopic (exact) mass is 330 g/mol. The van der Waals surface area contributed by atoms with Gasteiger partial charge in [-0.2, -0.15) is 0 Å². The standard InChI is InChI=1S/C19H26N2O3/c1-2-24-19(23)16-10-9-15(20-18(22)14-7-8-14)13-17(16)21-11-5-3-4-6-12-21/h9-10,13-14H,2-8,11-12H2,1H3,(H,20,22). The van der Waals surface area contributed by atoms with Crippen molar-refractivity contribution in [3.63, 3.8) is 0 Å². The van der Waals surface area contributed by atoms with Gasteiger partial charge in [-0.05, 0) is 50.8 Å². The topological polar surface area (TPSA) is 58.6 Å². The highest BCUT2D eigenvalue weighted by Crippen LogP contribution is 2.32. The molecular formula is C19H26N2O3. The van der Waals surface area contributed by atoms with Crippen LogP contribution in [0.4, 0.5) is 11.4 Å². The SMILES string of the molecule is CCOC(=O)c1ccc(NC(=O)C2CC2)cc1N1CCCCCC1. The number of amides is 1. The summed E-state index contributed by atoms with van der Waals surface area (Å²) in [4.78, 5) is 26.6. The molecule has 1 saturated carbocycles. The van der Waals surface area contributed by atoms with Gasteiger partial charge in [0.05, 0.1) is 17.9 Å². The van der Waals surface area contributed by atoms with E-state index >= 15 is 0 Å². The van der Waals surface area contributed by atoms with E-state index in [2.05, 4.69) is 10.2 Å². The van der Waals surface area contributed by atoms with Gasteiger partial charge in [0.2, 0.25) is 5.91 Å². The molecule has 3 rings (SSSR count). The van der Waals surface area contributed by atoms with Gasteiger partial charge in [0.1, 0.15) is 0 Å². The minimum absolute atomic E-state index is 0.0840. The number of nitrogens with one attached hydrogen (secondary N) is 1. The highest BCUT2D eigenvalue weighted by Gasteiger charge is 2.30. The first-order chi connectivity index (χ1) is 11.7. The lowest BCUT2D eigenvalue weighted by Crippen LogP contribution is -2.26. The fraction of sp³-hybridized carbons (Fsp3) is 0.579. The van der Waals surface area contributed by atoms with Crippen LogP contribution in [0.2, 0.25) is 0 Å². The number of hydrogen-bond acceptors (Lipinski definition) is 4. The van der Waals surface area contributed by atoms with E-state index in [0.29, 0.717) is 12.2 Å². The number of nitrogens with zero attached hydrogens (tertiary/aromatic N) is 1. The lowest BCUT2D eigenvalue weighted by Gasteiger charge is -2.25. The van der Waals surface area contributed by atoms with Gasteiger partial charge >= 0.3 is 5.97 Å². The predicted octanol–water partition coefficient (Wildman–Crippen LogP) is 3.59. The van der Waals surface area contributed by atoms with Gasteiger partial charge in [-0.1, -0.05) is 12.8 Å². The summed E-state index contributed by atoms with van der Waals surface area (Å²) in [5.74, 6) is -0.0473. The maximum absolute atomic E-state index is 12.3. The normalized spacial score (nSPS) is 18.0. The Morgan fingerprint density at radius 3 is 2.50 bits per heavy atom. The average molecular weight is 330 g/mol. The van der Waals surface area contributed by atoms with Gasteiger partial charge in [-0.3, -0.25) is 4.79 Å². The summed E-state index contributed by atoms with van der Waals surface area (Å²) in [7, 11) is 0. The molecule has 0 atom stereocenters. The Morgan fingerprint density at radius 2 is 1.88 bits per heavy atom. The van der Waals surface area contributed by atoms with E-state index in [1.807, 2.05) is 13.0 Å². The van der Waals surface area contributed by atoms with Gasteiger partial charge in [0.15, 0.2) is 0 Å². The summed E-state index contributed by atoms with van der Waals surface area (Å²) in [6.07, 6.45) is 6.66. The minimum Gasteiger partial charge on any atom is -0.462 e. The molecule has 1 heterocycles. The molecule has 5 heteroatoms. The first kappa shape index (κ1) is 16.8. The molecule has 1 aliphatic carbocycles. The van der Waals surface area contributed by atoms with Gasteiger partial charge in [-0.15, -0.1) is 0 Å². The van der Waals surface area contributed by atoms with Gasteiger partial charge < -0.3 is 15.0 Å². The Kier molecular flexibility index (Phi) is 5.38. The molecule has 0 unspecified atom stereocenters. The minimum atomic E-state index is -0.295. The van der Waals surface area contributed by atoms with Crippen molar-refractivity contribution in [3.8, 4) is 0 Å². The van der Waals surface area contributed by atoms with Gasteiger partial charge in [0.25, 0.3) is 0 Å². The molecule has 1 N–H and O–H groups in total. The van der Waals surface area contributed by atoms with Crippen LogP contribution in [0.1, 0.15) is 55.8 Å². The molecule has 0 bridgehead atoms. The van der Waals surface area contributed by atoms with Crippen LogP contribution >= 0.6 is 0 Å². The van der Waals surface area contributed by atoms with Crippen LogP contribution in [-0.2, 0) is 9.53 Å². The van der Waals surface area contributed by atoms with E-state index < -0.39 is 0 Å². The van der Waals surface area contributed by atoms with Crippen molar-refractivity contribution < 1.29 is 14.3 Å². The molecular weight excluding hydrogens is 304 g/mol. The second-order valence-electron chi connectivity index (χ2n) is 6.62. The largest absolute Gasteiger partial charge is 0.462 e. The molecule has 0 spiro atoms. The number of ether oxygens (including phenoxy) is 1. The highest BCUT2D eigenvalue weighted by atomic mass is 16.5. The summed E-state index contributed by atoms with van der Waals surface area (Å²) in [5, 5.41) is 2.98. The number of rotatable bonds is 5. The first-order valence-electron chi connectivity index (χ1n) is 9.06. The third-order valence-electron chi connectivity index (χ3n) is 4.66. The molecule has 5 nitrogen and oxygen atoms in total. The number of benzene rings is 1. The molecule has 0 aromatic heterocycles. The highest BCUT2D eigenvalue weighted by molar-refractivity contribution is 5.99. The molecule has 1 aromatic carbocycles. The van der Waals surface area contributed by atoms with Crippen molar-refractivity contribution in [1.29, 1.82) is 0 Å². The Balaban J connectivity index is 1.86. The van der Waals surface area contributed by atoms with Crippen molar-refractivity contribution >= 4 is 23.3 Å². The molecule has 0 radical (unpaired) electrons. The summed E-state index contributed by atoms with van der Waals surface area (Å²) in [6.45, 7) is 4.05. The van der Waals surface area contributed by atoms with Crippen LogP contribution in [0.15, 0.2) is 18.2 Å². The number of anilines is 2. The molecule has 2 fully saturated rings. The molecule has 1 amide bonds. The number of carbonyl (C=O) groups is 2. The summed E-state index contributed by atoms with van der Waals surface area (Å²) in [5.41, 5.74) is 2.23. The molecule has 130 valence electrons. The number of carbonyl (C=O) groups excluding carboxylic acids is 2. The Labute approximate surface area is 143 Å². The Bertz CT molecular complexity index is 603. The molecule has 1 saturated heterocycles. The lowest BCUT2D eigenvalue weighted by atomic mass is 10.1. The van der Waals surface area contributed by atoms with Crippen molar-refractivity contribution in [3.05, 3.63) is 23.8 Å². The first-order valence-corrected chi connectivity index (χ1v) is 9.06. The zero-order valence-electron chi connectivity index (χ0n) is 14.3. The van der Waals surface area contributed by atoms with Crippen LogP contribution in [0, 0.1) is 5.92 Å². The quantitative estimate of drug-likeness (QED) is 0.838. The summed E-state index contributed by atoms with van der Waals surface area (Å²) >= 11 is 0. The van der Waals surface area contributed by atoms with Crippen molar-refractivity contribution in [1.82, 2.24) is 0 Å². The van der Waals surface area contributed by atoms with E-state index in [-0.39, 0.29) is 17.8 Å².